The molecule has 36 heavy (non-hydrogen) atoms. The van der Waals surface area contributed by atoms with Gasteiger partial charge in [-0.3, -0.25) is 4.79 Å². The van der Waals surface area contributed by atoms with Gasteiger partial charge in [0.2, 0.25) is 0 Å². The smallest absolute Gasteiger partial charge is 0.422 e. The third-order valence-electron chi connectivity index (χ3n) is 7.19. The van der Waals surface area contributed by atoms with Crippen molar-refractivity contribution >= 4 is 5.78 Å². The zero-order valence-corrected chi connectivity index (χ0v) is 20.5. The molecule has 3 aliphatic carbocycles. The van der Waals surface area contributed by atoms with Crippen LogP contribution < -0.4 is 5.73 Å². The first-order valence-corrected chi connectivity index (χ1v) is 11.9. The van der Waals surface area contributed by atoms with E-state index in [2.05, 4.69) is 0 Å². The molecular weight excluding hydrogens is 484 g/mol. The van der Waals surface area contributed by atoms with E-state index in [0.717, 1.165) is 0 Å². The van der Waals surface area contributed by atoms with Gasteiger partial charge < -0.3 is 10.5 Å². The molecule has 0 aromatic carbocycles. The second kappa shape index (κ2) is 10.8. The minimum Gasteiger partial charge on any atom is -0.484 e. The molecule has 3 nitrogen and oxygen atoms in total. The Kier molecular flexibility index (Phi) is 8.43. The van der Waals surface area contributed by atoms with Gasteiger partial charge in [0.25, 0.3) is 0 Å². The summed E-state index contributed by atoms with van der Waals surface area (Å²) in [5, 5.41) is 0. The Labute approximate surface area is 207 Å². The molecular formula is C27H31F6NO2. The van der Waals surface area contributed by atoms with Crippen molar-refractivity contribution in [2.75, 3.05) is 13.2 Å². The van der Waals surface area contributed by atoms with Gasteiger partial charge in [0, 0.05) is 13.0 Å². The lowest BCUT2D eigenvalue weighted by Gasteiger charge is -2.39. The summed E-state index contributed by atoms with van der Waals surface area (Å²) in [7, 11) is 0. The fourth-order valence-electron chi connectivity index (χ4n) is 5.18. The van der Waals surface area contributed by atoms with Crippen LogP contribution in [-0.4, -0.2) is 31.3 Å². The van der Waals surface area contributed by atoms with Crippen LogP contribution in [0.3, 0.4) is 0 Å². The Morgan fingerprint density at radius 1 is 1.17 bits per heavy atom. The fraction of sp³-hybridized carbons (Fsp3) is 0.519. The average Bonchev–Trinajstić information content (AvgIpc) is 2.80. The highest BCUT2D eigenvalue weighted by atomic mass is 19.4. The molecule has 0 amide bonds. The summed E-state index contributed by atoms with van der Waals surface area (Å²) in [6.45, 7) is 3.58. The molecule has 198 valence electrons. The topological polar surface area (TPSA) is 52.3 Å². The van der Waals surface area contributed by atoms with Gasteiger partial charge >= 0.3 is 6.18 Å². The zero-order valence-electron chi connectivity index (χ0n) is 20.5. The minimum absolute atomic E-state index is 0.0682. The number of ketones is 1. The maximum Gasteiger partial charge on any atom is 0.422 e. The number of carbonyl (C=O) groups excluding carboxylic acids is 1. The van der Waals surface area contributed by atoms with Crippen molar-refractivity contribution in [3.63, 3.8) is 0 Å². The standard InChI is InChI=1S/C27H31F6NO2/c1-15-7-19(13-34)23(11-22(15)17-5-4-6-21(9-17)36-14-27(31,32)33)26(3,16(2)35)12-18-8-20(28)10-24(29)25(18)30/h4,6-7,9-11,15,17,20,22H,5,8,12-14,34H2,1-3H3. The van der Waals surface area contributed by atoms with Crippen LogP contribution in [0.2, 0.25) is 0 Å². The van der Waals surface area contributed by atoms with Gasteiger partial charge in [-0.05, 0) is 79.4 Å². The van der Waals surface area contributed by atoms with E-state index in [9.17, 15) is 31.1 Å². The number of nitrogens with two attached hydrogens (primary N) is 1. The van der Waals surface area contributed by atoms with Crippen LogP contribution in [0.4, 0.5) is 26.3 Å². The van der Waals surface area contributed by atoms with E-state index in [1.807, 2.05) is 19.1 Å². The van der Waals surface area contributed by atoms with Gasteiger partial charge in [-0.15, -0.1) is 0 Å². The van der Waals surface area contributed by atoms with Crippen LogP contribution in [0.25, 0.3) is 0 Å². The molecule has 0 aromatic heterocycles. The first-order valence-electron chi connectivity index (χ1n) is 11.9. The lowest BCUT2D eigenvalue weighted by Crippen LogP contribution is -2.35. The van der Waals surface area contributed by atoms with Gasteiger partial charge in [0.05, 0.1) is 5.41 Å². The Balaban J connectivity index is 1.98. The Morgan fingerprint density at radius 2 is 1.86 bits per heavy atom. The van der Waals surface area contributed by atoms with Crippen LogP contribution in [0.5, 0.6) is 0 Å². The molecule has 2 N–H and O–H groups in total. The second-order valence-electron chi connectivity index (χ2n) is 9.90. The lowest BCUT2D eigenvalue weighted by molar-refractivity contribution is -0.164. The van der Waals surface area contributed by atoms with Crippen LogP contribution in [0.1, 0.15) is 40.0 Å². The molecule has 0 bridgehead atoms. The quantitative estimate of drug-likeness (QED) is 0.358. The summed E-state index contributed by atoms with van der Waals surface area (Å²) in [5.41, 5.74) is 5.79. The van der Waals surface area contributed by atoms with Gasteiger partial charge in [0.15, 0.2) is 18.3 Å². The monoisotopic (exact) mass is 515 g/mol. The molecule has 0 fully saturated rings. The van der Waals surface area contributed by atoms with Crippen LogP contribution >= 0.6 is 0 Å². The van der Waals surface area contributed by atoms with Crippen molar-refractivity contribution in [1.29, 1.82) is 0 Å². The summed E-state index contributed by atoms with van der Waals surface area (Å²) < 4.78 is 85.3. The van der Waals surface area contributed by atoms with Gasteiger partial charge in [-0.2, -0.15) is 13.2 Å². The molecule has 0 aliphatic heterocycles. The van der Waals surface area contributed by atoms with Crippen molar-refractivity contribution in [2.45, 2.75) is 52.4 Å². The van der Waals surface area contributed by atoms with Gasteiger partial charge in [0.1, 0.15) is 17.7 Å². The number of alkyl halides is 4. The second-order valence-corrected chi connectivity index (χ2v) is 9.90. The molecule has 9 heteroatoms. The number of hydrogen-bond acceptors (Lipinski definition) is 3. The molecule has 0 saturated heterocycles. The van der Waals surface area contributed by atoms with E-state index in [4.69, 9.17) is 10.5 Å². The predicted octanol–water partition coefficient (Wildman–Crippen LogP) is 6.91. The lowest BCUT2D eigenvalue weighted by atomic mass is 9.64. The third kappa shape index (κ3) is 6.22. The van der Waals surface area contributed by atoms with E-state index in [1.54, 1.807) is 19.1 Å². The average molecular weight is 516 g/mol. The maximum absolute atomic E-state index is 14.6. The normalized spacial score (nSPS) is 28.6. The van der Waals surface area contributed by atoms with E-state index < -0.39 is 36.0 Å². The molecule has 0 radical (unpaired) electrons. The number of Topliss-reactive ketones (excluding diaryl/α,β-unsaturated/α-hetero) is 1. The highest BCUT2D eigenvalue weighted by Crippen LogP contribution is 2.47. The first-order chi connectivity index (χ1) is 16.7. The van der Waals surface area contributed by atoms with Crippen LogP contribution in [0, 0.1) is 23.2 Å². The Bertz CT molecular complexity index is 1060. The van der Waals surface area contributed by atoms with E-state index in [0.29, 0.717) is 23.6 Å². The summed E-state index contributed by atoms with van der Waals surface area (Å²) in [6.07, 6.45) is 3.04. The zero-order chi connectivity index (χ0) is 26.8. The molecule has 3 rings (SSSR count). The van der Waals surface area contributed by atoms with Crippen molar-refractivity contribution in [2.24, 2.45) is 28.9 Å². The Morgan fingerprint density at radius 3 is 2.47 bits per heavy atom. The van der Waals surface area contributed by atoms with Crippen molar-refractivity contribution < 1.29 is 35.9 Å². The molecule has 3 aliphatic rings. The molecule has 5 atom stereocenters. The summed E-state index contributed by atoms with van der Waals surface area (Å²) in [4.78, 5) is 13.0. The highest BCUT2D eigenvalue weighted by molar-refractivity contribution is 5.87. The number of hydrogen-bond donors (Lipinski definition) is 1. The van der Waals surface area contributed by atoms with E-state index >= 15 is 0 Å². The third-order valence-corrected chi connectivity index (χ3v) is 7.19. The molecule has 0 heterocycles. The molecule has 0 saturated carbocycles. The molecule has 0 spiro atoms. The van der Waals surface area contributed by atoms with Crippen molar-refractivity contribution in [3.05, 3.63) is 70.6 Å². The largest absolute Gasteiger partial charge is 0.484 e. The summed E-state index contributed by atoms with van der Waals surface area (Å²) in [5.74, 6) is -3.15. The van der Waals surface area contributed by atoms with Crippen LogP contribution in [-0.2, 0) is 9.53 Å². The summed E-state index contributed by atoms with van der Waals surface area (Å²) >= 11 is 0. The van der Waals surface area contributed by atoms with Gasteiger partial charge in [-0.1, -0.05) is 25.2 Å². The number of carbonyl (C=O) groups is 1. The summed E-state index contributed by atoms with van der Waals surface area (Å²) in [6, 6.07) is 0. The number of rotatable bonds is 8. The van der Waals surface area contributed by atoms with E-state index in [1.165, 1.54) is 13.0 Å². The van der Waals surface area contributed by atoms with Crippen LogP contribution in [0.15, 0.2) is 70.6 Å². The van der Waals surface area contributed by atoms with Gasteiger partial charge in [-0.25, -0.2) is 13.2 Å². The molecule has 5 unspecified atom stereocenters. The van der Waals surface area contributed by atoms with Crippen molar-refractivity contribution in [1.82, 2.24) is 0 Å². The van der Waals surface area contributed by atoms with Crippen molar-refractivity contribution in [3.8, 4) is 0 Å². The maximum atomic E-state index is 14.6. The SMILES string of the molecule is CC(=O)C(C)(CC1=C(F)C(F)=CC(F)C1)C1=CC(C2C=C(OCC(F)(F)F)C=CC2)C(C)C=C1CN. The Hall–Kier alpha value is -2.55. The molecule has 0 aromatic rings. The number of halogens is 6. The van der Waals surface area contributed by atoms with E-state index in [-0.39, 0.29) is 54.3 Å². The number of allylic oxidation sites excluding steroid dienone is 9. The highest BCUT2D eigenvalue weighted by Gasteiger charge is 2.41. The number of ether oxygens (including phenoxy) is 1. The predicted molar refractivity (Wildman–Crippen MR) is 125 cm³/mol. The minimum atomic E-state index is -4.47. The first kappa shape index (κ1) is 28.0. The fourth-order valence-corrected chi connectivity index (χ4v) is 5.18.